The molecule has 0 aromatic heterocycles. The van der Waals surface area contributed by atoms with Crippen molar-refractivity contribution in [1.82, 2.24) is 5.43 Å². The number of carbonyl (C=O) groups excluding carboxylic acids is 1. The van der Waals surface area contributed by atoms with E-state index in [1.165, 1.54) is 5.56 Å². The van der Waals surface area contributed by atoms with Gasteiger partial charge in [-0.05, 0) is 36.2 Å². The van der Waals surface area contributed by atoms with E-state index in [9.17, 15) is 4.79 Å². The molecule has 0 atom stereocenters. The first-order chi connectivity index (χ1) is 13.5. The van der Waals surface area contributed by atoms with Gasteiger partial charge in [-0.15, -0.1) is 0 Å². The second-order valence-electron chi connectivity index (χ2n) is 6.26. The summed E-state index contributed by atoms with van der Waals surface area (Å²) in [5.41, 5.74) is 6.82. The molecule has 2 N–H and O–H groups in total. The van der Waals surface area contributed by atoms with Crippen LogP contribution in [0.3, 0.4) is 0 Å². The van der Waals surface area contributed by atoms with E-state index >= 15 is 0 Å². The van der Waals surface area contributed by atoms with Crippen molar-refractivity contribution in [2.24, 2.45) is 5.10 Å². The molecule has 142 valence electrons. The van der Waals surface area contributed by atoms with Crippen molar-refractivity contribution >= 4 is 46.7 Å². The Morgan fingerprint density at radius 1 is 0.964 bits per heavy atom. The lowest BCUT2D eigenvalue weighted by molar-refractivity contribution is -0.120. The molecule has 6 heteroatoms. The van der Waals surface area contributed by atoms with Crippen molar-refractivity contribution in [3.05, 3.63) is 93.5 Å². The van der Waals surface area contributed by atoms with Gasteiger partial charge in [0.1, 0.15) is 0 Å². The zero-order valence-electron chi connectivity index (χ0n) is 15.2. The molecule has 0 heterocycles. The highest BCUT2D eigenvalue weighted by Gasteiger charge is 2.11. The molecule has 4 nitrogen and oxygen atoms in total. The highest BCUT2D eigenvalue weighted by molar-refractivity contribution is 6.39. The van der Waals surface area contributed by atoms with Gasteiger partial charge in [0, 0.05) is 5.69 Å². The summed E-state index contributed by atoms with van der Waals surface area (Å²) in [7, 11) is 0. The van der Waals surface area contributed by atoms with E-state index in [0.29, 0.717) is 15.7 Å². The molecule has 0 aliphatic heterocycles. The zero-order chi connectivity index (χ0) is 19.9. The summed E-state index contributed by atoms with van der Waals surface area (Å²) in [4.78, 5) is 12.3. The largest absolute Gasteiger partial charge is 0.353 e. The minimum atomic E-state index is -0.220. The number of para-hydroxylation sites is 2. The quantitative estimate of drug-likeness (QED) is 0.401. The van der Waals surface area contributed by atoms with Crippen LogP contribution in [0.2, 0.25) is 10.0 Å². The number of halogens is 2. The van der Waals surface area contributed by atoms with Gasteiger partial charge in [0.05, 0.1) is 28.4 Å². The van der Waals surface area contributed by atoms with Gasteiger partial charge >= 0.3 is 0 Å². The Morgan fingerprint density at radius 3 is 2.36 bits per heavy atom. The molecule has 0 aliphatic carbocycles. The van der Waals surface area contributed by atoms with Gasteiger partial charge in [0.25, 0.3) is 0 Å². The summed E-state index contributed by atoms with van der Waals surface area (Å²) < 4.78 is 0. The smallest absolute Gasteiger partial charge is 0.244 e. The average Bonchev–Trinajstić information content (AvgIpc) is 2.68. The van der Waals surface area contributed by atoms with Gasteiger partial charge < -0.3 is 5.32 Å². The number of anilines is 2. The lowest BCUT2D eigenvalue weighted by Gasteiger charge is -2.14. The fourth-order valence-electron chi connectivity index (χ4n) is 2.59. The predicted molar refractivity (Wildman–Crippen MR) is 117 cm³/mol. The van der Waals surface area contributed by atoms with E-state index in [1.54, 1.807) is 24.4 Å². The molecule has 3 rings (SSSR count). The molecule has 28 heavy (non-hydrogen) atoms. The Bertz CT molecular complexity index is 981. The number of rotatable bonds is 6. The fraction of sp³-hybridized carbons (Fsp3) is 0.0909. The number of nitrogens with one attached hydrogen (secondary N) is 2. The van der Waals surface area contributed by atoms with Crippen LogP contribution < -0.4 is 10.7 Å². The van der Waals surface area contributed by atoms with Gasteiger partial charge in [-0.25, -0.2) is 5.43 Å². The summed E-state index contributed by atoms with van der Waals surface area (Å²) in [6, 6.07) is 20.7. The highest BCUT2D eigenvalue weighted by atomic mass is 35.5. The molecule has 0 radical (unpaired) electrons. The third-order valence-electron chi connectivity index (χ3n) is 4.07. The lowest BCUT2D eigenvalue weighted by Crippen LogP contribution is -2.20. The van der Waals surface area contributed by atoms with Crippen LogP contribution in [0.5, 0.6) is 0 Å². The number of hydrogen-bond acceptors (Lipinski definition) is 3. The Balaban J connectivity index is 1.67. The highest BCUT2D eigenvalue weighted by Crippen LogP contribution is 2.33. The van der Waals surface area contributed by atoms with Crippen LogP contribution in [0.4, 0.5) is 11.4 Å². The zero-order valence-corrected chi connectivity index (χ0v) is 16.8. The van der Waals surface area contributed by atoms with Crippen molar-refractivity contribution in [3.8, 4) is 0 Å². The number of hydrazone groups is 1. The molecule has 0 aliphatic rings. The van der Waals surface area contributed by atoms with E-state index in [4.69, 9.17) is 23.2 Å². The molecular weight excluding hydrogens is 393 g/mol. The standard InChI is InChI=1S/C22H19Cl2N3O/c1-15-9-11-16(12-10-15)14-25-27-21(28)13-17-5-2-3-8-20(17)26-22-18(23)6-4-7-19(22)24/h2-12,14,26H,13H2,1H3,(H,27,28)/b25-14+. The maximum Gasteiger partial charge on any atom is 0.244 e. The van der Waals surface area contributed by atoms with Crippen LogP contribution in [0.25, 0.3) is 0 Å². The van der Waals surface area contributed by atoms with Crippen molar-refractivity contribution in [2.45, 2.75) is 13.3 Å². The second-order valence-corrected chi connectivity index (χ2v) is 7.07. The van der Waals surface area contributed by atoms with Gasteiger partial charge in [-0.3, -0.25) is 4.79 Å². The predicted octanol–water partition coefficient (Wildman–Crippen LogP) is 5.74. The molecule has 3 aromatic rings. The van der Waals surface area contributed by atoms with Gasteiger partial charge in [0.15, 0.2) is 0 Å². The summed E-state index contributed by atoms with van der Waals surface area (Å²) in [6.45, 7) is 2.02. The van der Waals surface area contributed by atoms with Crippen LogP contribution >= 0.6 is 23.2 Å². The van der Waals surface area contributed by atoms with E-state index in [1.807, 2.05) is 55.5 Å². The topological polar surface area (TPSA) is 53.5 Å². The maximum absolute atomic E-state index is 12.3. The van der Waals surface area contributed by atoms with Crippen molar-refractivity contribution in [2.75, 3.05) is 5.32 Å². The molecule has 0 unspecified atom stereocenters. The van der Waals surface area contributed by atoms with Gasteiger partial charge in [0.2, 0.25) is 5.91 Å². The SMILES string of the molecule is Cc1ccc(/C=N/NC(=O)Cc2ccccc2Nc2c(Cl)cccc2Cl)cc1. The average molecular weight is 412 g/mol. The van der Waals surface area contributed by atoms with Crippen molar-refractivity contribution in [3.63, 3.8) is 0 Å². The molecule has 3 aromatic carbocycles. The lowest BCUT2D eigenvalue weighted by atomic mass is 10.1. The Kier molecular flexibility index (Phi) is 6.69. The first kappa shape index (κ1) is 19.9. The Labute approximate surface area is 174 Å². The van der Waals surface area contributed by atoms with Gasteiger partial charge in [-0.1, -0.05) is 77.3 Å². The number of nitrogens with zero attached hydrogens (tertiary/aromatic N) is 1. The van der Waals surface area contributed by atoms with Crippen LogP contribution in [0.1, 0.15) is 16.7 Å². The molecule has 0 saturated carbocycles. The molecule has 0 fully saturated rings. The van der Waals surface area contributed by atoms with E-state index in [-0.39, 0.29) is 12.3 Å². The summed E-state index contributed by atoms with van der Waals surface area (Å²) in [6.07, 6.45) is 1.78. The third kappa shape index (κ3) is 5.35. The van der Waals surface area contributed by atoms with Crippen LogP contribution in [-0.4, -0.2) is 12.1 Å². The Hall–Kier alpha value is -2.82. The van der Waals surface area contributed by atoms with Crippen LogP contribution in [-0.2, 0) is 11.2 Å². The monoisotopic (exact) mass is 411 g/mol. The van der Waals surface area contributed by atoms with Crippen LogP contribution in [0.15, 0.2) is 71.8 Å². The summed E-state index contributed by atoms with van der Waals surface area (Å²) >= 11 is 12.5. The van der Waals surface area contributed by atoms with E-state index < -0.39 is 0 Å². The van der Waals surface area contributed by atoms with Crippen LogP contribution in [0, 0.1) is 6.92 Å². The first-order valence-electron chi connectivity index (χ1n) is 8.70. The molecule has 0 spiro atoms. The van der Waals surface area contributed by atoms with E-state index in [0.717, 1.165) is 16.8 Å². The number of carbonyl (C=O) groups is 1. The first-order valence-corrected chi connectivity index (χ1v) is 9.46. The summed E-state index contributed by atoms with van der Waals surface area (Å²) in [5, 5.41) is 8.26. The molecule has 0 saturated heterocycles. The second kappa shape index (κ2) is 9.40. The minimum absolute atomic E-state index is 0.163. The fourth-order valence-corrected chi connectivity index (χ4v) is 3.08. The molecule has 0 bridgehead atoms. The third-order valence-corrected chi connectivity index (χ3v) is 4.70. The number of amides is 1. The number of hydrogen-bond donors (Lipinski definition) is 2. The minimum Gasteiger partial charge on any atom is -0.353 e. The maximum atomic E-state index is 12.3. The molecule has 1 amide bonds. The van der Waals surface area contributed by atoms with Gasteiger partial charge in [-0.2, -0.15) is 5.10 Å². The summed E-state index contributed by atoms with van der Waals surface area (Å²) in [5.74, 6) is -0.220. The molecular formula is C22H19Cl2N3O. The number of benzene rings is 3. The Morgan fingerprint density at radius 2 is 1.64 bits per heavy atom. The number of aryl methyl sites for hydroxylation is 1. The van der Waals surface area contributed by atoms with Crippen molar-refractivity contribution in [1.29, 1.82) is 0 Å². The van der Waals surface area contributed by atoms with Crippen molar-refractivity contribution < 1.29 is 4.79 Å². The normalized spacial score (nSPS) is 10.8. The van der Waals surface area contributed by atoms with E-state index in [2.05, 4.69) is 15.8 Å².